The number of carbonyl (C=O) groups is 2. The molecule has 9 heteroatoms. The Morgan fingerprint density at radius 3 is 1.92 bits per heavy atom. The zero-order valence-corrected chi connectivity index (χ0v) is 17.5. The van der Waals surface area contributed by atoms with E-state index >= 15 is 0 Å². The van der Waals surface area contributed by atoms with Crippen LogP contribution in [0.25, 0.3) is 0 Å². The van der Waals surface area contributed by atoms with E-state index in [1.54, 1.807) is 0 Å². The maximum Gasteiger partial charge on any atom is 1.00 e. The largest absolute Gasteiger partial charge is 1.00 e. The molecule has 0 spiro atoms. The van der Waals surface area contributed by atoms with Gasteiger partial charge in [0.05, 0.1) is 5.75 Å². The first-order valence-corrected chi connectivity index (χ1v) is 9.15. The first-order valence-electron chi connectivity index (χ1n) is 7.54. The van der Waals surface area contributed by atoms with Crippen LogP contribution < -0.4 is 29.6 Å². The molecule has 0 aliphatic carbocycles. The van der Waals surface area contributed by atoms with E-state index in [-0.39, 0.29) is 35.3 Å². The van der Waals surface area contributed by atoms with Crippen LogP contribution in [-0.2, 0) is 19.7 Å². The van der Waals surface area contributed by atoms with Crippen LogP contribution in [0.15, 0.2) is 12.2 Å². The van der Waals surface area contributed by atoms with Gasteiger partial charge in [0.25, 0.3) is 10.1 Å². The zero-order valence-electron chi connectivity index (χ0n) is 14.6. The van der Waals surface area contributed by atoms with Gasteiger partial charge in [-0.05, 0) is 0 Å². The molecule has 0 saturated heterocycles. The second-order valence-electron chi connectivity index (χ2n) is 4.98. The van der Waals surface area contributed by atoms with Crippen molar-refractivity contribution < 1.29 is 62.3 Å². The molecule has 3 N–H and O–H groups in total. The molecule has 0 rings (SSSR count). The van der Waals surface area contributed by atoms with E-state index in [4.69, 9.17) is 14.8 Å². The van der Waals surface area contributed by atoms with Crippen LogP contribution in [0, 0.1) is 12.3 Å². The molecule has 0 heterocycles. The van der Waals surface area contributed by atoms with Crippen LogP contribution in [0.4, 0.5) is 0 Å². The van der Waals surface area contributed by atoms with Gasteiger partial charge in [-0.3, -0.25) is 4.55 Å². The van der Waals surface area contributed by atoms with Gasteiger partial charge in [0, 0.05) is 12.2 Å². The van der Waals surface area contributed by atoms with Crippen molar-refractivity contribution in [2.45, 2.75) is 52.4 Å². The summed E-state index contributed by atoms with van der Waals surface area (Å²) in [6.07, 6.45) is 9.36. The Labute approximate surface area is 166 Å². The van der Waals surface area contributed by atoms with Crippen LogP contribution in [0.2, 0.25) is 0 Å². The topological polar surface area (TPSA) is 129 Å². The SMILES string of the molecule is CCCCC([CH-]CCCS(=O)(=O)O)CC.O=C(O)/C=C\C(=O)O.[Na+]. The number of carboxylic acid groups (broad SMARTS) is 2. The molecule has 0 aromatic carbocycles. The number of hydrogen-bond acceptors (Lipinski definition) is 4. The van der Waals surface area contributed by atoms with Crippen molar-refractivity contribution >= 4 is 22.1 Å². The van der Waals surface area contributed by atoms with Crippen molar-refractivity contribution in [3.8, 4) is 0 Å². The third-order valence-electron chi connectivity index (χ3n) is 2.93. The van der Waals surface area contributed by atoms with E-state index in [0.717, 1.165) is 12.8 Å². The van der Waals surface area contributed by atoms with Crippen molar-refractivity contribution in [3.63, 3.8) is 0 Å². The number of hydrogen-bond donors (Lipinski definition) is 3. The summed E-state index contributed by atoms with van der Waals surface area (Å²) >= 11 is 0. The molecule has 0 fully saturated rings. The summed E-state index contributed by atoms with van der Waals surface area (Å²) in [4.78, 5) is 19.1. The molecule has 136 valence electrons. The predicted octanol–water partition coefficient (Wildman–Crippen LogP) is -0.209. The van der Waals surface area contributed by atoms with Gasteiger partial charge < -0.3 is 16.6 Å². The third kappa shape index (κ3) is 26.5. The van der Waals surface area contributed by atoms with Crippen molar-refractivity contribution in [2.75, 3.05) is 5.75 Å². The first-order chi connectivity index (χ1) is 10.6. The first kappa shape index (κ1) is 28.4. The maximum atomic E-state index is 10.5. The predicted molar refractivity (Wildman–Crippen MR) is 87.7 cm³/mol. The van der Waals surface area contributed by atoms with E-state index in [9.17, 15) is 18.0 Å². The summed E-state index contributed by atoms with van der Waals surface area (Å²) < 4.78 is 29.5. The van der Waals surface area contributed by atoms with Crippen LogP contribution in [0.5, 0.6) is 0 Å². The zero-order chi connectivity index (χ0) is 18.3. The number of unbranched alkanes of at least 4 members (excludes halogenated alkanes) is 2. The smallest absolute Gasteiger partial charge is 0.478 e. The van der Waals surface area contributed by atoms with Crippen LogP contribution in [0.1, 0.15) is 52.4 Å². The standard InChI is InChI=1S/C11H23O3S.C4H4O4.Na/c1-3-5-8-11(4-2)9-6-7-10-15(12,13)14;5-3(6)1-2-4(7)8;/h9,11H,3-8,10H2,1-2H3,(H,12,13,14);1-2H,(H,5,6)(H,7,8);/q-1;;+1/b;2-1-;. The molecule has 1 unspecified atom stereocenters. The second kappa shape index (κ2) is 17.4. The van der Waals surface area contributed by atoms with Gasteiger partial charge in [0.1, 0.15) is 0 Å². The Hall–Kier alpha value is -0.410. The van der Waals surface area contributed by atoms with E-state index in [2.05, 4.69) is 20.3 Å². The summed E-state index contributed by atoms with van der Waals surface area (Å²) in [6.45, 7) is 4.32. The normalized spacial score (nSPS) is 12.0. The molecule has 0 aliphatic heterocycles. The summed E-state index contributed by atoms with van der Waals surface area (Å²) in [5.74, 6) is -2.03. The minimum Gasteiger partial charge on any atom is -0.478 e. The molecule has 0 aliphatic rings. The number of aliphatic carboxylic acids is 2. The maximum absolute atomic E-state index is 10.5. The summed E-state index contributed by atoms with van der Waals surface area (Å²) in [5.41, 5.74) is 0. The Kier molecular flexibility index (Phi) is 20.6. The van der Waals surface area contributed by atoms with Crippen molar-refractivity contribution in [2.24, 2.45) is 5.92 Å². The monoisotopic (exact) mass is 374 g/mol. The summed E-state index contributed by atoms with van der Waals surface area (Å²) in [7, 11) is -3.77. The van der Waals surface area contributed by atoms with E-state index in [1.165, 1.54) is 19.3 Å². The number of rotatable bonds is 11. The van der Waals surface area contributed by atoms with Crippen molar-refractivity contribution in [1.29, 1.82) is 0 Å². The molecular weight excluding hydrogens is 347 g/mol. The molecule has 0 radical (unpaired) electrons. The van der Waals surface area contributed by atoms with Gasteiger partial charge >= 0.3 is 41.5 Å². The van der Waals surface area contributed by atoms with Crippen molar-refractivity contribution in [1.82, 2.24) is 0 Å². The molecule has 7 nitrogen and oxygen atoms in total. The van der Waals surface area contributed by atoms with Gasteiger partial charge in [-0.2, -0.15) is 20.8 Å². The molecular formula is C15H27NaO7S. The minimum absolute atomic E-state index is 0. The average Bonchev–Trinajstić information content (AvgIpc) is 2.44. The second-order valence-corrected chi connectivity index (χ2v) is 6.56. The van der Waals surface area contributed by atoms with E-state index in [1.807, 2.05) is 0 Å². The van der Waals surface area contributed by atoms with E-state index < -0.39 is 22.1 Å². The molecule has 0 bridgehead atoms. The van der Waals surface area contributed by atoms with Crippen LogP contribution >= 0.6 is 0 Å². The van der Waals surface area contributed by atoms with Gasteiger partial charge in [0.2, 0.25) is 0 Å². The average molecular weight is 374 g/mol. The quantitative estimate of drug-likeness (QED) is 0.150. The van der Waals surface area contributed by atoms with Crippen LogP contribution in [0.3, 0.4) is 0 Å². The fraction of sp³-hybridized carbons (Fsp3) is 0.667. The Bertz CT molecular complexity index is 444. The minimum atomic E-state index is -3.77. The van der Waals surface area contributed by atoms with Gasteiger partial charge in [-0.1, -0.05) is 46.0 Å². The Morgan fingerprint density at radius 2 is 1.58 bits per heavy atom. The van der Waals surface area contributed by atoms with Gasteiger partial charge in [-0.15, -0.1) is 0 Å². The van der Waals surface area contributed by atoms with E-state index in [0.29, 0.717) is 24.5 Å². The van der Waals surface area contributed by atoms with Gasteiger partial charge in [-0.25, -0.2) is 9.59 Å². The molecule has 1 atom stereocenters. The molecule has 0 amide bonds. The molecule has 0 saturated carbocycles. The third-order valence-corrected chi connectivity index (χ3v) is 3.73. The van der Waals surface area contributed by atoms with Gasteiger partial charge in [0.15, 0.2) is 0 Å². The van der Waals surface area contributed by atoms with Crippen molar-refractivity contribution in [3.05, 3.63) is 18.6 Å². The summed E-state index contributed by atoms with van der Waals surface area (Å²) in [5, 5.41) is 15.6. The molecule has 0 aromatic heterocycles. The molecule has 0 aromatic rings. The Balaban J connectivity index is -0.000000419. The fourth-order valence-corrected chi connectivity index (χ4v) is 2.25. The number of carboxylic acids is 2. The Morgan fingerprint density at radius 1 is 1.08 bits per heavy atom. The fourth-order valence-electron chi connectivity index (χ4n) is 1.72. The summed E-state index contributed by atoms with van der Waals surface area (Å²) in [6, 6.07) is 0. The molecule has 24 heavy (non-hydrogen) atoms. The van der Waals surface area contributed by atoms with Crippen LogP contribution in [-0.4, -0.2) is 40.9 Å².